The Hall–Kier alpha value is -2.67. The van der Waals surface area contributed by atoms with E-state index in [0.717, 1.165) is 17.9 Å². The van der Waals surface area contributed by atoms with Gasteiger partial charge in [0.15, 0.2) is 5.11 Å². The van der Waals surface area contributed by atoms with Gasteiger partial charge < -0.3 is 15.5 Å². The average molecular weight is 358 g/mol. The first-order valence-corrected chi connectivity index (χ1v) is 8.51. The number of rotatable bonds is 6. The van der Waals surface area contributed by atoms with Crippen LogP contribution in [-0.4, -0.2) is 22.6 Å². The molecule has 25 heavy (non-hydrogen) atoms. The summed E-state index contributed by atoms with van der Waals surface area (Å²) in [5.41, 5.74) is 2.30. The third-order valence-electron chi connectivity index (χ3n) is 3.77. The molecule has 0 spiro atoms. The fourth-order valence-electron chi connectivity index (χ4n) is 2.61. The number of benzene rings is 2. The zero-order valence-electron chi connectivity index (χ0n) is 14.5. The maximum absolute atomic E-state index is 11.0. The number of nitro groups is 1. The summed E-state index contributed by atoms with van der Waals surface area (Å²) < 4.78 is 0. The molecule has 0 amide bonds. The normalized spacial score (nSPS) is 10.4. The monoisotopic (exact) mass is 358 g/mol. The molecule has 6 nitrogen and oxygen atoms in total. The molecule has 0 saturated carbocycles. The lowest BCUT2D eigenvalue weighted by Gasteiger charge is -2.27. The Balaban J connectivity index is 2.05. The molecule has 0 unspecified atom stereocenters. The van der Waals surface area contributed by atoms with Crippen LogP contribution in [0, 0.1) is 10.1 Å². The second kappa shape index (κ2) is 8.43. The number of hydrogen-bond donors (Lipinski definition) is 2. The molecule has 2 aromatic rings. The van der Waals surface area contributed by atoms with Gasteiger partial charge in [0, 0.05) is 30.0 Å². The molecule has 7 heteroatoms. The molecule has 0 heterocycles. The van der Waals surface area contributed by atoms with Crippen molar-refractivity contribution in [3.05, 3.63) is 58.6 Å². The number of anilines is 3. The predicted octanol–water partition coefficient (Wildman–Crippen LogP) is 4.64. The van der Waals surface area contributed by atoms with E-state index in [1.54, 1.807) is 18.2 Å². The van der Waals surface area contributed by atoms with Gasteiger partial charge in [-0.05, 0) is 63.3 Å². The van der Waals surface area contributed by atoms with E-state index >= 15 is 0 Å². The first-order valence-electron chi connectivity index (χ1n) is 8.10. The van der Waals surface area contributed by atoms with Crippen LogP contribution in [0.25, 0.3) is 0 Å². The van der Waals surface area contributed by atoms with Gasteiger partial charge in [0.05, 0.1) is 4.92 Å². The SMILES string of the molecule is CCN(c1ccc(NC(=S)Nc2ccccc2[N+](=O)[O-])cc1)C(C)C. The van der Waals surface area contributed by atoms with Gasteiger partial charge in [-0.2, -0.15) is 0 Å². The van der Waals surface area contributed by atoms with Gasteiger partial charge in [0.25, 0.3) is 5.69 Å². The fourth-order valence-corrected chi connectivity index (χ4v) is 2.83. The molecule has 2 rings (SSSR count). The van der Waals surface area contributed by atoms with Crippen molar-refractivity contribution in [1.29, 1.82) is 0 Å². The van der Waals surface area contributed by atoms with Crippen molar-refractivity contribution in [2.24, 2.45) is 0 Å². The number of nitro benzene ring substituents is 1. The van der Waals surface area contributed by atoms with Crippen LogP contribution in [0.15, 0.2) is 48.5 Å². The van der Waals surface area contributed by atoms with Gasteiger partial charge in [0.2, 0.25) is 0 Å². The molecule has 0 atom stereocenters. The van der Waals surface area contributed by atoms with Crippen molar-refractivity contribution in [3.8, 4) is 0 Å². The molecule has 2 N–H and O–H groups in total. The Morgan fingerprint density at radius 3 is 2.36 bits per heavy atom. The van der Waals surface area contributed by atoms with Gasteiger partial charge in [-0.25, -0.2) is 0 Å². The van der Waals surface area contributed by atoms with Crippen LogP contribution in [0.1, 0.15) is 20.8 Å². The van der Waals surface area contributed by atoms with Crippen LogP contribution in [0.4, 0.5) is 22.7 Å². The first-order chi connectivity index (χ1) is 11.9. The molecule has 132 valence electrons. The molecule has 0 saturated heterocycles. The van der Waals surface area contributed by atoms with Crippen molar-refractivity contribution in [3.63, 3.8) is 0 Å². The number of hydrogen-bond acceptors (Lipinski definition) is 4. The van der Waals surface area contributed by atoms with Gasteiger partial charge >= 0.3 is 0 Å². The van der Waals surface area contributed by atoms with Crippen LogP contribution in [0.3, 0.4) is 0 Å². The maximum atomic E-state index is 11.0. The van der Waals surface area contributed by atoms with E-state index in [0.29, 0.717) is 16.8 Å². The second-order valence-corrected chi connectivity index (χ2v) is 6.19. The van der Waals surface area contributed by atoms with E-state index in [1.165, 1.54) is 6.07 Å². The molecule has 0 radical (unpaired) electrons. The summed E-state index contributed by atoms with van der Waals surface area (Å²) in [4.78, 5) is 12.9. The minimum Gasteiger partial charge on any atom is -0.369 e. The number of para-hydroxylation sites is 2. The Bertz CT molecular complexity index is 747. The fraction of sp³-hybridized carbons (Fsp3) is 0.278. The summed E-state index contributed by atoms with van der Waals surface area (Å²) in [5, 5.41) is 17.3. The largest absolute Gasteiger partial charge is 0.369 e. The summed E-state index contributed by atoms with van der Waals surface area (Å²) >= 11 is 5.26. The Kier molecular flexibility index (Phi) is 6.30. The first kappa shape index (κ1) is 18.7. The van der Waals surface area contributed by atoms with Crippen molar-refractivity contribution in [2.45, 2.75) is 26.8 Å². The van der Waals surface area contributed by atoms with Gasteiger partial charge in [-0.3, -0.25) is 10.1 Å². The summed E-state index contributed by atoms with van der Waals surface area (Å²) in [6.45, 7) is 7.36. The molecule has 0 bridgehead atoms. The van der Waals surface area contributed by atoms with Crippen molar-refractivity contribution in [2.75, 3.05) is 22.1 Å². The molecule has 0 aliphatic carbocycles. The minimum atomic E-state index is -0.439. The Morgan fingerprint density at radius 2 is 1.80 bits per heavy atom. The van der Waals surface area contributed by atoms with E-state index in [4.69, 9.17) is 12.2 Å². The molecular weight excluding hydrogens is 336 g/mol. The summed E-state index contributed by atoms with van der Waals surface area (Å²) in [6, 6.07) is 14.7. The molecule has 0 aliphatic rings. The third kappa shape index (κ3) is 4.90. The highest BCUT2D eigenvalue weighted by molar-refractivity contribution is 7.80. The van der Waals surface area contributed by atoms with E-state index in [-0.39, 0.29) is 5.69 Å². The molecule has 0 fully saturated rings. The zero-order valence-corrected chi connectivity index (χ0v) is 15.3. The van der Waals surface area contributed by atoms with Crippen molar-refractivity contribution >= 4 is 40.1 Å². The highest BCUT2D eigenvalue weighted by Crippen LogP contribution is 2.24. The van der Waals surface area contributed by atoms with E-state index in [1.807, 2.05) is 24.3 Å². The quantitative estimate of drug-likeness (QED) is 0.445. The lowest BCUT2D eigenvalue weighted by molar-refractivity contribution is -0.383. The smallest absolute Gasteiger partial charge is 0.292 e. The minimum absolute atomic E-state index is 0.0162. The third-order valence-corrected chi connectivity index (χ3v) is 3.97. The van der Waals surface area contributed by atoms with Crippen LogP contribution >= 0.6 is 12.2 Å². The van der Waals surface area contributed by atoms with Gasteiger partial charge in [-0.1, -0.05) is 12.1 Å². The highest BCUT2D eigenvalue weighted by Gasteiger charge is 2.13. The zero-order chi connectivity index (χ0) is 18.4. The highest BCUT2D eigenvalue weighted by atomic mass is 32.1. The molecule has 0 aliphatic heterocycles. The summed E-state index contributed by atoms with van der Waals surface area (Å²) in [6.07, 6.45) is 0. The standard InChI is InChI=1S/C18H22N4O2S/c1-4-21(13(2)3)15-11-9-14(10-12-15)19-18(25)20-16-7-5-6-8-17(16)22(23)24/h5-13H,4H2,1-3H3,(H2,19,20,25). The maximum Gasteiger partial charge on any atom is 0.292 e. The lowest BCUT2D eigenvalue weighted by atomic mass is 10.2. The lowest BCUT2D eigenvalue weighted by Crippen LogP contribution is -2.30. The van der Waals surface area contributed by atoms with Crippen LogP contribution in [0.5, 0.6) is 0 Å². The Morgan fingerprint density at radius 1 is 1.16 bits per heavy atom. The second-order valence-electron chi connectivity index (χ2n) is 5.78. The average Bonchev–Trinajstić information content (AvgIpc) is 2.57. The molecule has 2 aromatic carbocycles. The van der Waals surface area contributed by atoms with Crippen LogP contribution in [0.2, 0.25) is 0 Å². The predicted molar refractivity (Wildman–Crippen MR) is 108 cm³/mol. The Labute approximate surface area is 153 Å². The van der Waals surface area contributed by atoms with Gasteiger partial charge in [-0.15, -0.1) is 0 Å². The van der Waals surface area contributed by atoms with E-state index < -0.39 is 4.92 Å². The number of nitrogens with one attached hydrogen (secondary N) is 2. The van der Waals surface area contributed by atoms with E-state index in [2.05, 4.69) is 36.3 Å². The number of nitrogens with zero attached hydrogens (tertiary/aromatic N) is 2. The summed E-state index contributed by atoms with van der Waals surface area (Å²) in [7, 11) is 0. The topological polar surface area (TPSA) is 70.4 Å². The summed E-state index contributed by atoms with van der Waals surface area (Å²) in [5.74, 6) is 0. The van der Waals surface area contributed by atoms with Crippen molar-refractivity contribution < 1.29 is 4.92 Å². The van der Waals surface area contributed by atoms with Gasteiger partial charge in [0.1, 0.15) is 5.69 Å². The van der Waals surface area contributed by atoms with Crippen LogP contribution in [-0.2, 0) is 0 Å². The molecular formula is C18H22N4O2S. The number of thiocarbonyl (C=S) groups is 1. The molecule has 0 aromatic heterocycles. The van der Waals surface area contributed by atoms with E-state index in [9.17, 15) is 10.1 Å². The van der Waals surface area contributed by atoms with Crippen LogP contribution < -0.4 is 15.5 Å². The van der Waals surface area contributed by atoms with Crippen molar-refractivity contribution in [1.82, 2.24) is 0 Å².